The van der Waals surface area contributed by atoms with Crippen LogP contribution in [0.15, 0.2) is 47.6 Å². The van der Waals surface area contributed by atoms with E-state index in [9.17, 15) is 9.18 Å². The zero-order valence-corrected chi connectivity index (χ0v) is 14.6. The van der Waals surface area contributed by atoms with Gasteiger partial charge in [0.1, 0.15) is 5.82 Å². The number of nitrogens with two attached hydrogens (primary N) is 1. The largest absolute Gasteiger partial charge is 0.411 e. The highest BCUT2D eigenvalue weighted by Crippen LogP contribution is 2.39. The molecule has 2 aromatic carbocycles. The Morgan fingerprint density at radius 2 is 2.19 bits per heavy atom. The Balaban J connectivity index is 1.95. The van der Waals surface area contributed by atoms with Gasteiger partial charge in [-0.3, -0.25) is 4.79 Å². The van der Waals surface area contributed by atoms with Gasteiger partial charge in [-0.15, -0.1) is 0 Å². The lowest BCUT2D eigenvalue weighted by molar-refractivity contribution is -0.119. The van der Waals surface area contributed by atoms with Gasteiger partial charge in [0, 0.05) is 23.1 Å². The highest BCUT2D eigenvalue weighted by atomic mass is 19.1. The van der Waals surface area contributed by atoms with Crippen LogP contribution in [0.4, 0.5) is 4.39 Å². The number of amides is 1. The Morgan fingerprint density at radius 1 is 1.33 bits per heavy atom. The molecule has 0 saturated heterocycles. The number of halogens is 1. The van der Waals surface area contributed by atoms with Crippen molar-refractivity contribution in [3.63, 3.8) is 0 Å². The van der Waals surface area contributed by atoms with Crippen molar-refractivity contribution in [1.82, 2.24) is 4.57 Å². The first kappa shape index (κ1) is 17.3. The average Bonchev–Trinajstić information content (AvgIpc) is 2.95. The molecule has 0 aliphatic heterocycles. The van der Waals surface area contributed by atoms with E-state index in [2.05, 4.69) is 16.1 Å². The predicted octanol–water partition coefficient (Wildman–Crippen LogP) is 3.36. The maximum Gasteiger partial charge on any atom is 0.226 e. The van der Waals surface area contributed by atoms with E-state index in [0.717, 1.165) is 39.7 Å². The number of aromatic nitrogens is 1. The van der Waals surface area contributed by atoms with Crippen LogP contribution in [-0.4, -0.2) is 21.9 Å². The fourth-order valence-corrected chi connectivity index (χ4v) is 3.97. The van der Waals surface area contributed by atoms with Crippen molar-refractivity contribution in [2.45, 2.75) is 25.3 Å². The first-order valence-electron chi connectivity index (χ1n) is 8.76. The van der Waals surface area contributed by atoms with Crippen LogP contribution < -0.4 is 5.73 Å². The second-order valence-corrected chi connectivity index (χ2v) is 6.78. The fourth-order valence-electron chi connectivity index (χ4n) is 3.97. The van der Waals surface area contributed by atoms with E-state index in [4.69, 9.17) is 10.9 Å². The van der Waals surface area contributed by atoms with Crippen molar-refractivity contribution in [1.29, 1.82) is 0 Å². The molecule has 1 aliphatic rings. The van der Waals surface area contributed by atoms with Crippen molar-refractivity contribution >= 4 is 23.0 Å². The topological polar surface area (TPSA) is 80.6 Å². The van der Waals surface area contributed by atoms with Crippen LogP contribution in [-0.2, 0) is 17.8 Å². The number of rotatable bonds is 4. The molecular weight excluding hydrogens is 345 g/mol. The van der Waals surface area contributed by atoms with Gasteiger partial charge in [-0.25, -0.2) is 4.39 Å². The number of primary amides is 1. The first-order valence-corrected chi connectivity index (χ1v) is 8.76. The van der Waals surface area contributed by atoms with Gasteiger partial charge in [-0.2, -0.15) is 0 Å². The lowest BCUT2D eigenvalue weighted by Gasteiger charge is -2.23. The summed E-state index contributed by atoms with van der Waals surface area (Å²) in [7, 11) is 0. The summed E-state index contributed by atoms with van der Waals surface area (Å²) in [6, 6.07) is 12.2. The van der Waals surface area contributed by atoms with Gasteiger partial charge >= 0.3 is 0 Å². The van der Waals surface area contributed by atoms with Gasteiger partial charge in [0.15, 0.2) is 0 Å². The summed E-state index contributed by atoms with van der Waals surface area (Å²) in [5.41, 5.74) is 10.1. The van der Waals surface area contributed by atoms with Crippen molar-refractivity contribution in [3.05, 3.63) is 77.1 Å². The molecule has 1 amide bonds. The number of fused-ring (bicyclic) bond motifs is 3. The van der Waals surface area contributed by atoms with E-state index in [1.165, 1.54) is 18.3 Å². The van der Waals surface area contributed by atoms with E-state index >= 15 is 0 Å². The molecule has 137 valence electrons. The molecule has 1 aliphatic carbocycles. The monoisotopic (exact) mass is 364 g/mol. The molecule has 0 bridgehead atoms. The van der Waals surface area contributed by atoms with Crippen LogP contribution in [0.3, 0.4) is 0 Å². The summed E-state index contributed by atoms with van der Waals surface area (Å²) in [5, 5.41) is 12.9. The van der Waals surface area contributed by atoms with Crippen LogP contribution in [0.5, 0.6) is 0 Å². The Labute approximate surface area is 155 Å². The molecular formula is C21H19FN3O2. The number of nitrogens with zero attached hydrogens (tertiary/aromatic N) is 2. The van der Waals surface area contributed by atoms with E-state index in [0.29, 0.717) is 13.0 Å². The zero-order chi connectivity index (χ0) is 19.0. The molecule has 0 saturated carbocycles. The summed E-state index contributed by atoms with van der Waals surface area (Å²) < 4.78 is 15.7. The van der Waals surface area contributed by atoms with E-state index in [1.54, 1.807) is 6.07 Å². The molecule has 3 aromatic rings. The molecule has 1 aromatic heterocycles. The van der Waals surface area contributed by atoms with Gasteiger partial charge in [-0.1, -0.05) is 23.4 Å². The molecule has 0 fully saturated rings. The van der Waals surface area contributed by atoms with Gasteiger partial charge in [-0.05, 0) is 60.2 Å². The standard InChI is InChI=1S/C21H19FN3O2/c22-15-4-1-3-14(9-15)12-25-19-8-7-13(11-24-27)10-18(19)16-5-2-6-17(20(16)25)21(23)26/h1-4,7-11,17,27H,5-6,12H2,(H2,23,26). The van der Waals surface area contributed by atoms with Gasteiger partial charge in [0.2, 0.25) is 5.91 Å². The van der Waals surface area contributed by atoms with Crippen LogP contribution in [0.25, 0.3) is 10.9 Å². The number of carbonyl (C=O) groups is 1. The minimum absolute atomic E-state index is 0.293. The van der Waals surface area contributed by atoms with Crippen molar-refractivity contribution in [2.24, 2.45) is 10.9 Å². The third kappa shape index (κ3) is 3.07. The van der Waals surface area contributed by atoms with E-state index in [-0.39, 0.29) is 11.7 Å². The molecule has 1 heterocycles. The number of hydrogen-bond acceptors (Lipinski definition) is 3. The Bertz CT molecular complexity index is 1060. The number of carbonyl (C=O) groups excluding carboxylic acids is 1. The molecule has 5 nitrogen and oxygen atoms in total. The van der Waals surface area contributed by atoms with Gasteiger partial charge < -0.3 is 15.5 Å². The zero-order valence-electron chi connectivity index (χ0n) is 14.6. The summed E-state index contributed by atoms with van der Waals surface area (Å²) in [6.07, 6.45) is 4.75. The van der Waals surface area contributed by atoms with Crippen LogP contribution in [0.2, 0.25) is 0 Å². The predicted molar refractivity (Wildman–Crippen MR) is 101 cm³/mol. The molecule has 1 unspecified atom stereocenters. The normalized spacial score (nSPS) is 16.7. The SMILES string of the molecule is NC(=O)C1C[CH]Cc2c1n(Cc1cccc(F)c1)c1ccc(C=NO)cc21. The Hall–Kier alpha value is -3.15. The molecule has 0 spiro atoms. The first-order chi connectivity index (χ1) is 13.1. The van der Waals surface area contributed by atoms with E-state index < -0.39 is 5.92 Å². The summed E-state index contributed by atoms with van der Waals surface area (Å²) in [4.78, 5) is 12.1. The minimum Gasteiger partial charge on any atom is -0.411 e. The molecule has 1 atom stereocenters. The van der Waals surface area contributed by atoms with Gasteiger partial charge in [0.05, 0.1) is 12.1 Å². The lowest BCUT2D eigenvalue weighted by atomic mass is 9.86. The van der Waals surface area contributed by atoms with Gasteiger partial charge in [0.25, 0.3) is 0 Å². The number of oxime groups is 1. The second kappa shape index (κ2) is 6.87. The summed E-state index contributed by atoms with van der Waals surface area (Å²) >= 11 is 0. The minimum atomic E-state index is -0.412. The van der Waals surface area contributed by atoms with Crippen LogP contribution >= 0.6 is 0 Å². The van der Waals surface area contributed by atoms with Crippen molar-refractivity contribution in [2.75, 3.05) is 0 Å². The Morgan fingerprint density at radius 3 is 2.93 bits per heavy atom. The molecule has 6 heteroatoms. The lowest BCUT2D eigenvalue weighted by Crippen LogP contribution is -2.27. The van der Waals surface area contributed by atoms with Crippen molar-refractivity contribution in [3.8, 4) is 0 Å². The van der Waals surface area contributed by atoms with E-state index in [1.807, 2.05) is 24.3 Å². The molecule has 3 N–H and O–H groups in total. The second-order valence-electron chi connectivity index (χ2n) is 6.78. The highest BCUT2D eigenvalue weighted by molar-refractivity contribution is 5.94. The van der Waals surface area contributed by atoms with Crippen molar-refractivity contribution < 1.29 is 14.4 Å². The fraction of sp³-hybridized carbons (Fsp3) is 0.190. The number of benzene rings is 2. The third-order valence-corrected chi connectivity index (χ3v) is 5.10. The average molecular weight is 364 g/mol. The summed E-state index contributed by atoms with van der Waals surface area (Å²) in [5.74, 6) is -1.07. The van der Waals surface area contributed by atoms with Crippen LogP contribution in [0.1, 0.15) is 34.7 Å². The maximum atomic E-state index is 13.7. The Kier molecular flexibility index (Phi) is 4.39. The number of hydrogen-bond donors (Lipinski definition) is 2. The maximum absolute atomic E-state index is 13.7. The molecule has 4 rings (SSSR count). The summed E-state index contributed by atoms with van der Waals surface area (Å²) in [6.45, 7) is 0.445. The molecule has 1 radical (unpaired) electrons. The smallest absolute Gasteiger partial charge is 0.226 e. The third-order valence-electron chi connectivity index (χ3n) is 5.10. The quantitative estimate of drug-likeness (QED) is 0.423. The van der Waals surface area contributed by atoms with Crippen LogP contribution in [0, 0.1) is 12.2 Å². The molecule has 27 heavy (non-hydrogen) atoms. The highest BCUT2D eigenvalue weighted by Gasteiger charge is 2.31.